The minimum absolute atomic E-state index is 0.0124. The fraction of sp³-hybridized carbons (Fsp3) is 0.615. The molecule has 10 heteroatoms. The number of rotatable bonds is 11. The molecule has 10 nitrogen and oxygen atoms in total. The van der Waals surface area contributed by atoms with E-state index in [1.165, 1.54) is 0 Å². The summed E-state index contributed by atoms with van der Waals surface area (Å²) in [6, 6.07) is 19.3. The number of amides is 2. The van der Waals surface area contributed by atoms with Crippen molar-refractivity contribution in [1.29, 1.82) is 0 Å². The van der Waals surface area contributed by atoms with Gasteiger partial charge >= 0.3 is 12.2 Å². The summed E-state index contributed by atoms with van der Waals surface area (Å²) in [5.41, 5.74) is -1.80. The predicted octanol–water partition coefficient (Wildman–Crippen LogP) is 7.40. The number of carbonyl (C=O) groups excluding carboxylic acids is 3. The van der Waals surface area contributed by atoms with Crippen molar-refractivity contribution in [2.24, 2.45) is 5.41 Å². The van der Waals surface area contributed by atoms with Crippen LogP contribution in [-0.2, 0) is 36.8 Å². The maximum atomic E-state index is 14.5. The molecule has 2 aliphatic heterocycles. The Bertz CT molecular complexity index is 1380. The molecule has 2 aromatic rings. The van der Waals surface area contributed by atoms with Crippen molar-refractivity contribution in [3.05, 3.63) is 71.8 Å². The van der Waals surface area contributed by atoms with Crippen LogP contribution in [0.1, 0.15) is 93.7 Å². The Hall–Kier alpha value is -3.47. The molecule has 4 rings (SSSR count). The number of benzene rings is 2. The molecule has 49 heavy (non-hydrogen) atoms. The quantitative estimate of drug-likeness (QED) is 0.243. The Kier molecular flexibility index (Phi) is 11.3. The molecule has 0 spiro atoms. The molecule has 0 bridgehead atoms. The number of hydrogen-bond acceptors (Lipinski definition) is 8. The smallest absolute Gasteiger partial charge is 0.413 e. The van der Waals surface area contributed by atoms with Crippen molar-refractivity contribution < 1.29 is 33.3 Å². The Morgan fingerprint density at radius 2 is 1.16 bits per heavy atom. The van der Waals surface area contributed by atoms with Crippen LogP contribution in [0.3, 0.4) is 0 Å². The van der Waals surface area contributed by atoms with Crippen LogP contribution in [0.5, 0.6) is 0 Å². The molecule has 270 valence electrons. The van der Waals surface area contributed by atoms with Gasteiger partial charge in [0.05, 0.1) is 36.9 Å². The first-order valence-corrected chi connectivity index (χ1v) is 17.3. The second-order valence-corrected chi connectivity index (χ2v) is 16.5. The van der Waals surface area contributed by atoms with Gasteiger partial charge in [0.25, 0.3) is 0 Å². The summed E-state index contributed by atoms with van der Waals surface area (Å²) in [6.07, 6.45) is -2.09. The molecule has 0 radical (unpaired) electrons. The summed E-state index contributed by atoms with van der Waals surface area (Å²) < 4.78 is 24.3. The molecule has 2 heterocycles. The maximum absolute atomic E-state index is 14.5. The average Bonchev–Trinajstić information content (AvgIpc) is 3.37. The van der Waals surface area contributed by atoms with E-state index in [1.54, 1.807) is 9.80 Å². The summed E-state index contributed by atoms with van der Waals surface area (Å²) in [5, 5.41) is 0. The summed E-state index contributed by atoms with van der Waals surface area (Å²) in [4.78, 5) is 47.6. The van der Waals surface area contributed by atoms with E-state index in [4.69, 9.17) is 18.9 Å². The highest BCUT2D eigenvalue weighted by molar-refractivity contribution is 5.90. The van der Waals surface area contributed by atoms with Gasteiger partial charge in [-0.2, -0.15) is 0 Å². The van der Waals surface area contributed by atoms with Crippen LogP contribution in [0.2, 0.25) is 0 Å². The van der Waals surface area contributed by atoms with Crippen molar-refractivity contribution in [1.82, 2.24) is 14.7 Å². The topological polar surface area (TPSA) is 97.9 Å². The van der Waals surface area contributed by atoms with Gasteiger partial charge in [-0.3, -0.25) is 19.5 Å². The van der Waals surface area contributed by atoms with Gasteiger partial charge in [0.15, 0.2) is 11.9 Å². The van der Waals surface area contributed by atoms with Gasteiger partial charge in [0.2, 0.25) is 0 Å². The highest BCUT2D eigenvalue weighted by Crippen LogP contribution is 2.37. The Morgan fingerprint density at radius 1 is 0.735 bits per heavy atom. The molecular weight excluding hydrogens is 622 g/mol. The van der Waals surface area contributed by atoms with Gasteiger partial charge in [-0.1, -0.05) is 81.4 Å². The first-order valence-electron chi connectivity index (χ1n) is 17.3. The Balaban J connectivity index is 1.75. The molecule has 0 aromatic heterocycles. The molecule has 2 amide bonds. The minimum atomic E-state index is -1.19. The van der Waals surface area contributed by atoms with Crippen molar-refractivity contribution in [3.63, 3.8) is 0 Å². The minimum Gasteiger partial charge on any atom is -0.449 e. The predicted molar refractivity (Wildman–Crippen MR) is 189 cm³/mol. The second kappa shape index (κ2) is 14.4. The van der Waals surface area contributed by atoms with E-state index in [9.17, 15) is 14.4 Å². The van der Waals surface area contributed by atoms with Crippen LogP contribution in [0.25, 0.3) is 0 Å². The largest absolute Gasteiger partial charge is 0.449 e. The molecule has 0 saturated carbocycles. The van der Waals surface area contributed by atoms with E-state index in [-0.39, 0.29) is 18.8 Å². The fourth-order valence-electron chi connectivity index (χ4n) is 7.03. The summed E-state index contributed by atoms with van der Waals surface area (Å²) >= 11 is 0. The number of carbonyl (C=O) groups is 3. The number of nitrogens with zero attached hydrogens (tertiary/aromatic N) is 3. The lowest BCUT2D eigenvalue weighted by atomic mass is 9.83. The second-order valence-electron chi connectivity index (χ2n) is 16.5. The van der Waals surface area contributed by atoms with Crippen LogP contribution >= 0.6 is 0 Å². The van der Waals surface area contributed by atoms with Crippen molar-refractivity contribution in [2.45, 2.75) is 130 Å². The molecule has 0 N–H and O–H groups in total. The third-order valence-electron chi connectivity index (χ3n) is 9.35. The summed E-state index contributed by atoms with van der Waals surface area (Å²) in [7, 11) is 0. The fourth-order valence-corrected chi connectivity index (χ4v) is 7.03. The van der Waals surface area contributed by atoms with E-state index in [1.807, 2.05) is 137 Å². The van der Waals surface area contributed by atoms with Gasteiger partial charge in [0, 0.05) is 24.9 Å². The first-order chi connectivity index (χ1) is 22.7. The van der Waals surface area contributed by atoms with E-state index >= 15 is 0 Å². The van der Waals surface area contributed by atoms with Gasteiger partial charge in [-0.15, -0.1) is 0 Å². The maximum Gasteiger partial charge on any atom is 0.413 e. The third-order valence-corrected chi connectivity index (χ3v) is 9.35. The zero-order valence-electron chi connectivity index (χ0n) is 31.4. The highest BCUT2D eigenvalue weighted by atomic mass is 16.6. The monoisotopic (exact) mass is 679 g/mol. The van der Waals surface area contributed by atoms with Gasteiger partial charge in [-0.25, -0.2) is 9.59 Å². The molecule has 2 fully saturated rings. The van der Waals surface area contributed by atoms with E-state index in [0.717, 1.165) is 11.1 Å². The molecule has 2 aliphatic rings. The van der Waals surface area contributed by atoms with Crippen LogP contribution < -0.4 is 0 Å². The zero-order chi connectivity index (χ0) is 36.4. The number of Topliss-reactive ketones (excluding diaryl/α,β-unsaturated/α-hetero) is 1. The van der Waals surface area contributed by atoms with Crippen LogP contribution in [0.4, 0.5) is 9.59 Å². The molecule has 2 saturated heterocycles. The SMILES string of the molecule is CC(C)(C)C(=O)[C@H](OC(=O)N1C(C)(C)COC1(C)C)[C@H](CCOC(=O)N1C(C)(C)COC1(C)C)N(Cc1ccccc1)Cc1ccccc1. The Morgan fingerprint density at radius 3 is 1.55 bits per heavy atom. The number of ether oxygens (including phenoxy) is 4. The Labute approximate surface area is 293 Å². The van der Waals surface area contributed by atoms with Crippen LogP contribution in [-0.4, -0.2) is 87.2 Å². The lowest BCUT2D eigenvalue weighted by molar-refractivity contribution is -0.142. The number of hydrogen-bond donors (Lipinski definition) is 0. The van der Waals surface area contributed by atoms with Crippen LogP contribution in [0, 0.1) is 5.41 Å². The molecule has 2 aromatic carbocycles. The van der Waals surface area contributed by atoms with Gasteiger partial charge in [0.1, 0.15) is 11.4 Å². The summed E-state index contributed by atoms with van der Waals surface area (Å²) in [6.45, 7) is 22.2. The van der Waals surface area contributed by atoms with Crippen molar-refractivity contribution in [3.8, 4) is 0 Å². The van der Waals surface area contributed by atoms with Crippen LogP contribution in [0.15, 0.2) is 60.7 Å². The molecule has 2 atom stereocenters. The lowest BCUT2D eigenvalue weighted by Gasteiger charge is -2.42. The standard InChI is InChI=1S/C39H57N3O7/c1-35(2,3)32(43)31(49-34(45)42-37(6,7)27-48-39(42,10)11)30(22-23-46-33(44)41-36(4,5)26-47-38(41,8)9)40(24-28-18-14-12-15-19-28)25-29-20-16-13-17-21-29/h12-21,30-31H,22-27H2,1-11H3/t30-,31+/m0/s1. The zero-order valence-corrected chi connectivity index (χ0v) is 31.4. The van der Waals surface area contributed by atoms with Crippen molar-refractivity contribution >= 4 is 18.0 Å². The van der Waals surface area contributed by atoms with Gasteiger partial charge < -0.3 is 18.9 Å². The normalized spacial score (nSPS) is 20.6. The number of ketones is 1. The molecule has 0 unspecified atom stereocenters. The first kappa shape index (κ1) is 38.3. The molecular formula is C39H57N3O7. The lowest BCUT2D eigenvalue weighted by Crippen LogP contribution is -2.57. The van der Waals surface area contributed by atoms with E-state index in [2.05, 4.69) is 4.90 Å². The van der Waals surface area contributed by atoms with E-state index < -0.39 is 52.3 Å². The van der Waals surface area contributed by atoms with E-state index in [0.29, 0.717) is 26.3 Å². The third kappa shape index (κ3) is 9.01. The van der Waals surface area contributed by atoms with Gasteiger partial charge in [-0.05, 0) is 66.5 Å². The molecule has 0 aliphatic carbocycles. The highest BCUT2D eigenvalue weighted by Gasteiger charge is 2.52. The van der Waals surface area contributed by atoms with Crippen molar-refractivity contribution in [2.75, 3.05) is 19.8 Å². The summed E-state index contributed by atoms with van der Waals surface area (Å²) in [5.74, 6) is -0.228. The average molecular weight is 680 g/mol.